The Bertz CT molecular complexity index is 1720. The van der Waals surface area contributed by atoms with Gasteiger partial charge in [-0.3, -0.25) is 24.0 Å². The zero-order valence-corrected chi connectivity index (χ0v) is 33.2. The van der Waals surface area contributed by atoms with Crippen molar-refractivity contribution in [3.63, 3.8) is 0 Å². The van der Waals surface area contributed by atoms with Gasteiger partial charge in [-0.2, -0.15) is 0 Å². The summed E-state index contributed by atoms with van der Waals surface area (Å²) in [7, 11) is 3.09. The number of cyclic esters (lactones) is 1. The van der Waals surface area contributed by atoms with Crippen LogP contribution in [-0.2, 0) is 46.3 Å². The molecule has 55 heavy (non-hydrogen) atoms. The predicted octanol–water partition coefficient (Wildman–Crippen LogP) is 3.52. The van der Waals surface area contributed by atoms with E-state index in [0.717, 1.165) is 11.1 Å². The van der Waals surface area contributed by atoms with Crippen molar-refractivity contribution in [1.29, 1.82) is 0 Å². The number of hydrogen-bond donors (Lipinski definition) is 2. The molecule has 296 valence electrons. The summed E-state index contributed by atoms with van der Waals surface area (Å²) in [6, 6.07) is 13.4. The summed E-state index contributed by atoms with van der Waals surface area (Å²) in [5.74, 6) is -0.978. The molecule has 2 fully saturated rings. The van der Waals surface area contributed by atoms with Crippen LogP contribution in [0.25, 0.3) is 0 Å². The van der Waals surface area contributed by atoms with Gasteiger partial charge in [0.25, 0.3) is 0 Å². The number of carbonyl (C=O) groups is 6. The van der Waals surface area contributed by atoms with Crippen LogP contribution in [0.15, 0.2) is 60.7 Å². The van der Waals surface area contributed by atoms with Gasteiger partial charge in [0.2, 0.25) is 29.5 Å². The summed E-state index contributed by atoms with van der Waals surface area (Å²) in [6.07, 6.45) is 6.86. The Labute approximate surface area is 325 Å². The highest BCUT2D eigenvalue weighted by Gasteiger charge is 2.46. The molecule has 0 aromatic heterocycles. The number of carbonyl (C=O) groups excluding carboxylic acids is 6. The molecule has 2 heterocycles. The van der Waals surface area contributed by atoms with Gasteiger partial charge in [-0.25, -0.2) is 4.79 Å². The monoisotopic (exact) mass is 755 g/mol. The standard InChI is InChI=1S/C43H57N5O7/c1-9-10-13-24-35-43(5,6)42(54)45-36(28(2)3)40(52)47(8)34(27-31-21-16-12-17-22-31)39(51)48-25-18-23-32(48)38(50)46(7)33(26-30-19-14-11-15-20-30)37(49)44-29(4)41(53)55-35/h1,11-12,14-17,19-22,28-29,32-36H,10,13,18,23-27H2,2-8H3,(H,44,49)(H,45,54)/t29-,32-,33-,34-,35-,36-/m0/s1. The normalized spacial score (nSPS) is 26.0. The van der Waals surface area contributed by atoms with E-state index in [0.29, 0.717) is 25.7 Å². The summed E-state index contributed by atoms with van der Waals surface area (Å²) >= 11 is 0. The van der Waals surface area contributed by atoms with E-state index in [9.17, 15) is 28.8 Å². The number of amides is 5. The summed E-state index contributed by atoms with van der Waals surface area (Å²) in [4.78, 5) is 89.9. The maximum atomic E-state index is 14.7. The maximum absolute atomic E-state index is 14.7. The van der Waals surface area contributed by atoms with Gasteiger partial charge in [-0.05, 0) is 63.5 Å². The van der Waals surface area contributed by atoms with Crippen LogP contribution in [0.4, 0.5) is 0 Å². The molecule has 6 atom stereocenters. The minimum absolute atomic E-state index is 0.143. The first kappa shape index (κ1) is 42.6. The molecule has 5 amide bonds. The molecule has 2 N–H and O–H groups in total. The van der Waals surface area contributed by atoms with Crippen molar-refractivity contribution in [1.82, 2.24) is 25.3 Å². The second-order valence-corrected chi connectivity index (χ2v) is 15.7. The lowest BCUT2D eigenvalue weighted by Gasteiger charge is -2.38. The Morgan fingerprint density at radius 3 is 1.96 bits per heavy atom. The molecule has 0 radical (unpaired) electrons. The molecule has 2 aliphatic rings. The molecule has 0 aliphatic carbocycles. The number of nitrogens with one attached hydrogen (secondary N) is 2. The minimum atomic E-state index is -1.34. The number of nitrogens with zero attached hydrogens (tertiary/aromatic N) is 3. The third-order valence-electron chi connectivity index (χ3n) is 11.0. The predicted molar refractivity (Wildman–Crippen MR) is 209 cm³/mol. The molecular formula is C43H57N5O7. The van der Waals surface area contributed by atoms with Crippen LogP contribution < -0.4 is 10.6 Å². The van der Waals surface area contributed by atoms with Gasteiger partial charge in [0, 0.05) is 39.9 Å². The van der Waals surface area contributed by atoms with Gasteiger partial charge >= 0.3 is 5.97 Å². The molecule has 2 aromatic carbocycles. The Morgan fingerprint density at radius 1 is 0.836 bits per heavy atom. The topological polar surface area (TPSA) is 145 Å². The molecule has 4 rings (SSSR count). The Kier molecular flexibility index (Phi) is 14.6. The first-order chi connectivity index (χ1) is 26.1. The molecule has 2 saturated heterocycles. The third-order valence-corrected chi connectivity index (χ3v) is 11.0. The Morgan fingerprint density at radius 2 is 1.40 bits per heavy atom. The van der Waals surface area contributed by atoms with Crippen molar-refractivity contribution < 1.29 is 33.5 Å². The van der Waals surface area contributed by atoms with Gasteiger partial charge in [-0.15, -0.1) is 12.3 Å². The van der Waals surface area contributed by atoms with Crippen LogP contribution in [0.2, 0.25) is 0 Å². The third kappa shape index (κ3) is 10.3. The molecule has 2 aliphatic heterocycles. The molecule has 2 aromatic rings. The Hall–Kier alpha value is -5.18. The zero-order chi connectivity index (χ0) is 40.4. The van der Waals surface area contributed by atoms with E-state index in [-0.39, 0.29) is 31.7 Å². The van der Waals surface area contributed by atoms with Crippen LogP contribution in [0.5, 0.6) is 0 Å². The highest BCUT2D eigenvalue weighted by atomic mass is 16.5. The van der Waals surface area contributed by atoms with Gasteiger partial charge in [0.05, 0.1) is 5.41 Å². The fourth-order valence-electron chi connectivity index (χ4n) is 7.26. The number of terminal acetylenes is 1. The van der Waals surface area contributed by atoms with E-state index in [1.807, 2.05) is 60.7 Å². The van der Waals surface area contributed by atoms with Crippen molar-refractivity contribution in [3.8, 4) is 12.3 Å². The molecule has 12 nitrogen and oxygen atoms in total. The van der Waals surface area contributed by atoms with Crippen molar-refractivity contribution >= 4 is 35.5 Å². The number of likely N-dealkylation sites (N-methyl/N-ethyl adjacent to an activating group) is 2. The van der Waals surface area contributed by atoms with Gasteiger partial charge in [-0.1, -0.05) is 74.5 Å². The van der Waals surface area contributed by atoms with Crippen molar-refractivity contribution in [2.24, 2.45) is 11.3 Å². The summed E-state index contributed by atoms with van der Waals surface area (Å²) in [5.41, 5.74) is 0.266. The SMILES string of the molecule is C#CCCC[C@@H]1OC(=O)[C@H](C)NC(=O)[C@H](Cc2ccccc2)N(C)C(=O)[C@@H]2CCCN2C(=O)[C@H](Cc2ccccc2)N(C)C(=O)[C@H](C(C)C)NC(=O)C1(C)C. The second kappa shape index (κ2) is 18.9. The van der Waals surface area contributed by atoms with Gasteiger partial charge in [0.1, 0.15) is 36.3 Å². The summed E-state index contributed by atoms with van der Waals surface area (Å²) in [5, 5.41) is 5.68. The van der Waals surface area contributed by atoms with Crippen molar-refractivity contribution in [3.05, 3.63) is 71.8 Å². The van der Waals surface area contributed by atoms with E-state index < -0.39 is 77.2 Å². The Balaban J connectivity index is 1.83. The average molecular weight is 756 g/mol. The van der Waals surface area contributed by atoms with Gasteiger partial charge in [0.15, 0.2) is 0 Å². The van der Waals surface area contributed by atoms with Crippen LogP contribution in [-0.4, -0.2) is 107 Å². The quantitative estimate of drug-likeness (QED) is 0.238. The number of rotatable bonds is 8. The highest BCUT2D eigenvalue weighted by Crippen LogP contribution is 2.30. The number of benzene rings is 2. The fraction of sp³-hybridized carbons (Fsp3) is 0.535. The summed E-state index contributed by atoms with van der Waals surface area (Å²) < 4.78 is 6.00. The van der Waals surface area contributed by atoms with Crippen LogP contribution >= 0.6 is 0 Å². The first-order valence-electron chi connectivity index (χ1n) is 19.2. The molecule has 0 bridgehead atoms. The maximum Gasteiger partial charge on any atom is 0.328 e. The molecule has 0 unspecified atom stereocenters. The average Bonchev–Trinajstić information content (AvgIpc) is 3.66. The van der Waals surface area contributed by atoms with Crippen LogP contribution in [0.3, 0.4) is 0 Å². The van der Waals surface area contributed by atoms with E-state index >= 15 is 0 Å². The number of ether oxygens (including phenoxy) is 1. The number of hydrogen-bond acceptors (Lipinski definition) is 7. The number of esters is 1. The van der Waals surface area contributed by atoms with Crippen molar-refractivity contribution in [2.45, 2.75) is 116 Å². The van der Waals surface area contributed by atoms with Crippen LogP contribution in [0.1, 0.15) is 77.8 Å². The van der Waals surface area contributed by atoms with Crippen molar-refractivity contribution in [2.75, 3.05) is 20.6 Å². The highest BCUT2D eigenvalue weighted by molar-refractivity contribution is 5.97. The lowest BCUT2D eigenvalue weighted by atomic mass is 9.82. The first-order valence-corrected chi connectivity index (χ1v) is 19.2. The van der Waals surface area contributed by atoms with Crippen LogP contribution in [0, 0.1) is 23.7 Å². The largest absolute Gasteiger partial charge is 0.460 e. The van der Waals surface area contributed by atoms with E-state index in [1.165, 1.54) is 28.7 Å². The minimum Gasteiger partial charge on any atom is -0.460 e. The fourth-order valence-corrected chi connectivity index (χ4v) is 7.26. The lowest BCUT2D eigenvalue weighted by Crippen LogP contribution is -2.60. The number of fused-ring (bicyclic) bond motifs is 1. The van der Waals surface area contributed by atoms with E-state index in [2.05, 4.69) is 16.6 Å². The zero-order valence-electron chi connectivity index (χ0n) is 33.2. The van der Waals surface area contributed by atoms with E-state index in [4.69, 9.17) is 11.2 Å². The molecule has 12 heteroatoms. The van der Waals surface area contributed by atoms with E-state index in [1.54, 1.807) is 34.7 Å². The molecule has 0 spiro atoms. The smallest absolute Gasteiger partial charge is 0.328 e. The number of unbranched alkanes of at least 4 members (excludes halogenated alkanes) is 1. The molecular weight excluding hydrogens is 699 g/mol. The molecule has 0 saturated carbocycles. The van der Waals surface area contributed by atoms with Gasteiger partial charge < -0.3 is 30.1 Å². The second-order valence-electron chi connectivity index (χ2n) is 15.7. The summed E-state index contributed by atoms with van der Waals surface area (Å²) in [6.45, 7) is 8.66. The lowest BCUT2D eigenvalue weighted by molar-refractivity contribution is -0.163.